The molecule has 1 unspecified atom stereocenters. The van der Waals surface area contributed by atoms with Gasteiger partial charge in [-0.05, 0) is 18.5 Å². The smallest absolute Gasteiger partial charge is 0.312 e. The predicted molar refractivity (Wildman–Crippen MR) is 65.5 cm³/mol. The summed E-state index contributed by atoms with van der Waals surface area (Å²) in [6.07, 6.45) is 0.645. The fourth-order valence-electron chi connectivity index (χ4n) is 2.36. The van der Waals surface area contributed by atoms with Gasteiger partial charge in [0.05, 0.1) is 5.41 Å². The van der Waals surface area contributed by atoms with Gasteiger partial charge in [0.25, 0.3) is 0 Å². The van der Waals surface area contributed by atoms with E-state index in [2.05, 4.69) is 17.0 Å². The maximum atomic E-state index is 11.2. The summed E-state index contributed by atoms with van der Waals surface area (Å²) in [7, 11) is 0. The van der Waals surface area contributed by atoms with Crippen LogP contribution in [-0.4, -0.2) is 35.6 Å². The average Bonchev–Trinajstić information content (AvgIpc) is 2.75. The Morgan fingerprint density at radius 2 is 2.12 bits per heavy atom. The van der Waals surface area contributed by atoms with Gasteiger partial charge in [0.15, 0.2) is 0 Å². The Hall–Kier alpha value is -1.39. The van der Waals surface area contributed by atoms with Gasteiger partial charge in [-0.25, -0.2) is 0 Å². The number of nitrogens with two attached hydrogens (primary N) is 1. The Balaban J connectivity index is 2.01. The molecule has 1 aliphatic rings. The fourth-order valence-corrected chi connectivity index (χ4v) is 2.36. The summed E-state index contributed by atoms with van der Waals surface area (Å²) in [5, 5.41) is 9.24. The number of rotatable bonds is 4. The summed E-state index contributed by atoms with van der Waals surface area (Å²) in [5.74, 6) is -0.768. The first-order chi connectivity index (χ1) is 8.16. The Bertz CT molecular complexity index is 394. The van der Waals surface area contributed by atoms with Gasteiger partial charge >= 0.3 is 5.97 Å². The van der Waals surface area contributed by atoms with Crippen LogP contribution in [0.2, 0.25) is 0 Å². The predicted octanol–water partition coefficient (Wildman–Crippen LogP) is 0.922. The standard InChI is InChI=1S/C13H18N2O2/c14-9-13(12(16)17)6-7-15(10-13)8-11-4-2-1-3-5-11/h1-5H,6-10,14H2,(H,16,17). The second-order valence-electron chi connectivity index (χ2n) is 4.74. The molecule has 0 radical (unpaired) electrons. The maximum Gasteiger partial charge on any atom is 0.312 e. The Labute approximate surface area is 101 Å². The average molecular weight is 234 g/mol. The SMILES string of the molecule is NCC1(C(=O)O)CCN(Cc2ccccc2)C1. The highest BCUT2D eigenvalue weighted by Gasteiger charge is 2.43. The van der Waals surface area contributed by atoms with Crippen molar-refractivity contribution in [3.63, 3.8) is 0 Å². The van der Waals surface area contributed by atoms with Crippen molar-refractivity contribution in [3.8, 4) is 0 Å². The van der Waals surface area contributed by atoms with Gasteiger partial charge < -0.3 is 10.8 Å². The van der Waals surface area contributed by atoms with E-state index in [1.165, 1.54) is 5.56 Å². The molecule has 1 saturated heterocycles. The zero-order valence-electron chi connectivity index (χ0n) is 9.80. The van der Waals surface area contributed by atoms with Crippen molar-refractivity contribution in [3.05, 3.63) is 35.9 Å². The molecule has 3 N–H and O–H groups in total. The topological polar surface area (TPSA) is 66.6 Å². The van der Waals surface area contributed by atoms with Gasteiger partial charge in [0.2, 0.25) is 0 Å². The number of carboxylic acid groups (broad SMARTS) is 1. The quantitative estimate of drug-likeness (QED) is 0.813. The van der Waals surface area contributed by atoms with Crippen molar-refractivity contribution < 1.29 is 9.90 Å². The zero-order valence-corrected chi connectivity index (χ0v) is 9.80. The number of hydrogen-bond acceptors (Lipinski definition) is 3. The number of carboxylic acids is 1. The molecule has 17 heavy (non-hydrogen) atoms. The third-order valence-corrected chi connectivity index (χ3v) is 3.53. The molecular weight excluding hydrogens is 216 g/mol. The summed E-state index contributed by atoms with van der Waals surface area (Å²) in [5.41, 5.74) is 6.09. The minimum atomic E-state index is -0.768. The first-order valence-corrected chi connectivity index (χ1v) is 5.86. The molecular formula is C13H18N2O2. The molecule has 0 aliphatic carbocycles. The second-order valence-corrected chi connectivity index (χ2v) is 4.74. The molecule has 4 heteroatoms. The second kappa shape index (κ2) is 4.85. The van der Waals surface area contributed by atoms with Crippen LogP contribution in [0.15, 0.2) is 30.3 Å². The van der Waals surface area contributed by atoms with Gasteiger partial charge in [-0.2, -0.15) is 0 Å². The lowest BCUT2D eigenvalue weighted by molar-refractivity contribution is -0.147. The Morgan fingerprint density at radius 3 is 2.65 bits per heavy atom. The summed E-state index contributed by atoms with van der Waals surface area (Å²) in [6, 6.07) is 10.1. The van der Waals surface area contributed by atoms with Gasteiger partial charge in [0.1, 0.15) is 0 Å². The molecule has 0 bridgehead atoms. The monoisotopic (exact) mass is 234 g/mol. The van der Waals surface area contributed by atoms with E-state index in [1.807, 2.05) is 18.2 Å². The van der Waals surface area contributed by atoms with Gasteiger partial charge in [-0.15, -0.1) is 0 Å². The lowest BCUT2D eigenvalue weighted by Crippen LogP contribution is -2.41. The van der Waals surface area contributed by atoms with Crippen LogP contribution in [0.5, 0.6) is 0 Å². The highest BCUT2D eigenvalue weighted by molar-refractivity contribution is 5.75. The molecule has 1 aromatic rings. The normalized spacial score (nSPS) is 25.0. The first-order valence-electron chi connectivity index (χ1n) is 5.86. The number of hydrogen-bond donors (Lipinski definition) is 2. The van der Waals surface area contributed by atoms with Crippen LogP contribution in [0.1, 0.15) is 12.0 Å². The van der Waals surface area contributed by atoms with Gasteiger partial charge in [-0.3, -0.25) is 9.69 Å². The summed E-state index contributed by atoms with van der Waals surface area (Å²) in [4.78, 5) is 13.4. The molecule has 0 spiro atoms. The van der Waals surface area contributed by atoms with E-state index in [-0.39, 0.29) is 6.54 Å². The highest BCUT2D eigenvalue weighted by Crippen LogP contribution is 2.30. The van der Waals surface area contributed by atoms with Crippen LogP contribution in [0, 0.1) is 5.41 Å². The lowest BCUT2D eigenvalue weighted by Gasteiger charge is -2.22. The molecule has 1 aliphatic heterocycles. The number of aliphatic carboxylic acids is 1. The minimum absolute atomic E-state index is 0.216. The largest absolute Gasteiger partial charge is 0.481 e. The number of likely N-dealkylation sites (tertiary alicyclic amines) is 1. The molecule has 1 heterocycles. The molecule has 4 nitrogen and oxygen atoms in total. The minimum Gasteiger partial charge on any atom is -0.481 e. The lowest BCUT2D eigenvalue weighted by atomic mass is 9.87. The highest BCUT2D eigenvalue weighted by atomic mass is 16.4. The van der Waals surface area contributed by atoms with Gasteiger partial charge in [-0.1, -0.05) is 30.3 Å². The summed E-state index contributed by atoms with van der Waals surface area (Å²) >= 11 is 0. The van der Waals surface area contributed by atoms with Gasteiger partial charge in [0, 0.05) is 19.6 Å². The fraction of sp³-hybridized carbons (Fsp3) is 0.462. The van der Waals surface area contributed by atoms with Crippen molar-refractivity contribution in [2.75, 3.05) is 19.6 Å². The maximum absolute atomic E-state index is 11.2. The van der Waals surface area contributed by atoms with Crippen LogP contribution in [0.25, 0.3) is 0 Å². The molecule has 0 aromatic heterocycles. The number of benzene rings is 1. The molecule has 0 amide bonds. The molecule has 92 valence electrons. The summed E-state index contributed by atoms with van der Waals surface area (Å²) in [6.45, 7) is 2.37. The van der Waals surface area contributed by atoms with Crippen LogP contribution in [-0.2, 0) is 11.3 Å². The van der Waals surface area contributed by atoms with Crippen LogP contribution >= 0.6 is 0 Å². The zero-order chi connectivity index (χ0) is 12.3. The molecule has 1 fully saturated rings. The number of carbonyl (C=O) groups is 1. The summed E-state index contributed by atoms with van der Waals surface area (Å²) < 4.78 is 0. The first kappa shape index (κ1) is 12.1. The Morgan fingerprint density at radius 1 is 1.41 bits per heavy atom. The van der Waals surface area contributed by atoms with E-state index in [1.54, 1.807) is 0 Å². The third kappa shape index (κ3) is 2.48. The van der Waals surface area contributed by atoms with E-state index in [0.29, 0.717) is 13.0 Å². The van der Waals surface area contributed by atoms with Crippen LogP contribution in [0.3, 0.4) is 0 Å². The van der Waals surface area contributed by atoms with E-state index in [9.17, 15) is 9.90 Å². The third-order valence-electron chi connectivity index (χ3n) is 3.53. The van der Waals surface area contributed by atoms with Crippen molar-refractivity contribution >= 4 is 5.97 Å². The van der Waals surface area contributed by atoms with Crippen molar-refractivity contribution in [1.29, 1.82) is 0 Å². The number of nitrogens with zero attached hydrogens (tertiary/aromatic N) is 1. The van der Waals surface area contributed by atoms with E-state index >= 15 is 0 Å². The van der Waals surface area contributed by atoms with E-state index in [0.717, 1.165) is 13.1 Å². The van der Waals surface area contributed by atoms with Crippen LogP contribution < -0.4 is 5.73 Å². The Kier molecular flexibility index (Phi) is 3.45. The van der Waals surface area contributed by atoms with Crippen molar-refractivity contribution in [2.45, 2.75) is 13.0 Å². The molecule has 1 atom stereocenters. The van der Waals surface area contributed by atoms with Crippen molar-refractivity contribution in [2.24, 2.45) is 11.1 Å². The van der Waals surface area contributed by atoms with E-state index < -0.39 is 11.4 Å². The molecule has 0 saturated carbocycles. The van der Waals surface area contributed by atoms with E-state index in [4.69, 9.17) is 5.73 Å². The molecule has 2 rings (SSSR count). The van der Waals surface area contributed by atoms with Crippen molar-refractivity contribution in [1.82, 2.24) is 4.90 Å². The molecule has 1 aromatic carbocycles. The van der Waals surface area contributed by atoms with Crippen LogP contribution in [0.4, 0.5) is 0 Å².